The molecule has 0 saturated carbocycles. The molecular weight excluding hydrogens is 312 g/mol. The Morgan fingerprint density at radius 2 is 2.04 bits per heavy atom. The first kappa shape index (κ1) is 17.1. The minimum Gasteiger partial charge on any atom is -0.465 e. The van der Waals surface area contributed by atoms with Crippen molar-refractivity contribution in [3.8, 4) is 6.07 Å². The number of rotatable bonds is 4. The van der Waals surface area contributed by atoms with Crippen LogP contribution < -0.4 is 0 Å². The van der Waals surface area contributed by atoms with Crippen molar-refractivity contribution in [3.63, 3.8) is 0 Å². The number of furan rings is 1. The third-order valence-corrected chi connectivity index (χ3v) is 4.80. The first-order valence-corrected chi connectivity index (χ1v) is 8.05. The number of carbonyl (C=O) groups excluding carboxylic acids is 1. The molecule has 5 nitrogen and oxygen atoms in total. The van der Waals surface area contributed by atoms with Gasteiger partial charge in [0.15, 0.2) is 0 Å². The van der Waals surface area contributed by atoms with E-state index in [-0.39, 0.29) is 0 Å². The van der Waals surface area contributed by atoms with Crippen LogP contribution in [0.4, 0.5) is 0 Å². The Bertz CT molecular complexity index is 803. The normalized spacial score (nSPS) is 10.4. The Balaban J connectivity index is 2.26. The molecule has 23 heavy (non-hydrogen) atoms. The van der Waals surface area contributed by atoms with Crippen LogP contribution in [0.5, 0.6) is 0 Å². The molecule has 0 amide bonds. The SMILES string of the molecule is COC(=O)c1cc(CSc2nc(C)c(C)c(C)c2C#N)oc1C. The van der Waals surface area contributed by atoms with E-state index in [1.54, 1.807) is 13.0 Å². The molecule has 2 heterocycles. The van der Waals surface area contributed by atoms with Crippen LogP contribution in [0.2, 0.25) is 0 Å². The lowest BCUT2D eigenvalue weighted by atomic mass is 10.1. The van der Waals surface area contributed by atoms with Gasteiger partial charge in [-0.15, -0.1) is 0 Å². The van der Waals surface area contributed by atoms with Crippen LogP contribution in [-0.2, 0) is 10.5 Å². The molecular formula is C17H18N2O3S. The second-order valence-electron chi connectivity index (χ2n) is 5.20. The Hall–Kier alpha value is -2.26. The standard InChI is InChI=1S/C17H18N2O3S/c1-9-10(2)15(7-18)16(19-11(9)3)23-8-13-6-14(12(4)22-13)17(20)21-5/h6H,8H2,1-5H3. The zero-order valence-electron chi connectivity index (χ0n) is 13.8. The third-order valence-electron chi connectivity index (χ3n) is 3.80. The molecule has 0 bridgehead atoms. The number of thioether (sulfide) groups is 1. The number of aromatic nitrogens is 1. The summed E-state index contributed by atoms with van der Waals surface area (Å²) in [5, 5.41) is 10.1. The van der Waals surface area contributed by atoms with Crippen molar-refractivity contribution >= 4 is 17.7 Å². The molecule has 0 aliphatic rings. The summed E-state index contributed by atoms with van der Waals surface area (Å²) in [6.45, 7) is 7.55. The third kappa shape index (κ3) is 3.40. The highest BCUT2D eigenvalue weighted by atomic mass is 32.2. The number of methoxy groups -OCH3 is 1. The van der Waals surface area contributed by atoms with Gasteiger partial charge in [-0.2, -0.15) is 5.26 Å². The molecule has 2 rings (SSSR count). The molecule has 120 valence electrons. The summed E-state index contributed by atoms with van der Waals surface area (Å²) >= 11 is 1.42. The highest BCUT2D eigenvalue weighted by Gasteiger charge is 2.17. The van der Waals surface area contributed by atoms with Gasteiger partial charge in [0.25, 0.3) is 0 Å². The largest absolute Gasteiger partial charge is 0.465 e. The maximum Gasteiger partial charge on any atom is 0.341 e. The number of aryl methyl sites for hydroxylation is 2. The molecule has 0 saturated heterocycles. The average molecular weight is 330 g/mol. The predicted molar refractivity (Wildman–Crippen MR) is 87.5 cm³/mol. The lowest BCUT2D eigenvalue weighted by Gasteiger charge is -2.10. The van der Waals surface area contributed by atoms with Crippen LogP contribution in [0.15, 0.2) is 15.5 Å². The summed E-state index contributed by atoms with van der Waals surface area (Å²) in [5.41, 5.74) is 3.92. The minimum absolute atomic E-state index is 0.416. The average Bonchev–Trinajstić information content (AvgIpc) is 2.91. The second kappa shape index (κ2) is 6.88. The number of esters is 1. The number of ether oxygens (including phenoxy) is 1. The van der Waals surface area contributed by atoms with E-state index in [1.165, 1.54) is 18.9 Å². The van der Waals surface area contributed by atoms with Crippen molar-refractivity contribution in [3.05, 3.63) is 45.5 Å². The number of carbonyl (C=O) groups is 1. The van der Waals surface area contributed by atoms with Crippen molar-refractivity contribution in [2.45, 2.75) is 38.5 Å². The van der Waals surface area contributed by atoms with Crippen LogP contribution in [0.25, 0.3) is 0 Å². The van der Waals surface area contributed by atoms with Crippen LogP contribution in [-0.4, -0.2) is 18.1 Å². The summed E-state index contributed by atoms with van der Waals surface area (Å²) in [6.07, 6.45) is 0. The highest BCUT2D eigenvalue weighted by Crippen LogP contribution is 2.30. The number of nitrogens with zero attached hydrogens (tertiary/aromatic N) is 2. The quantitative estimate of drug-likeness (QED) is 0.626. The van der Waals surface area contributed by atoms with Crippen LogP contribution >= 0.6 is 11.8 Å². The fourth-order valence-corrected chi connectivity index (χ4v) is 3.18. The van der Waals surface area contributed by atoms with Gasteiger partial charge in [0.2, 0.25) is 0 Å². The summed E-state index contributed by atoms with van der Waals surface area (Å²) in [6, 6.07) is 3.90. The molecule has 0 fully saturated rings. The van der Waals surface area contributed by atoms with Crippen LogP contribution in [0.1, 0.15) is 44.3 Å². The molecule has 0 aromatic carbocycles. The van der Waals surface area contributed by atoms with Gasteiger partial charge in [-0.25, -0.2) is 9.78 Å². The monoisotopic (exact) mass is 330 g/mol. The van der Waals surface area contributed by atoms with Gasteiger partial charge in [-0.05, 0) is 44.9 Å². The summed E-state index contributed by atoms with van der Waals surface area (Å²) in [5.74, 6) is 1.24. The molecule has 2 aromatic rings. The molecule has 0 aliphatic heterocycles. The fraction of sp³-hybridized carbons (Fsp3) is 0.353. The van der Waals surface area contributed by atoms with E-state index in [0.717, 1.165) is 16.8 Å². The van der Waals surface area contributed by atoms with Crippen molar-refractivity contribution in [2.24, 2.45) is 0 Å². The Morgan fingerprint density at radius 3 is 2.65 bits per heavy atom. The first-order valence-electron chi connectivity index (χ1n) is 7.07. The van der Waals surface area contributed by atoms with Crippen molar-refractivity contribution < 1.29 is 13.9 Å². The molecule has 6 heteroatoms. The molecule has 0 unspecified atom stereocenters. The van der Waals surface area contributed by atoms with Crippen molar-refractivity contribution in [2.75, 3.05) is 7.11 Å². The van der Waals surface area contributed by atoms with Gasteiger partial charge in [0, 0.05) is 5.69 Å². The van der Waals surface area contributed by atoms with Crippen molar-refractivity contribution in [1.82, 2.24) is 4.98 Å². The number of hydrogen-bond donors (Lipinski definition) is 0. The molecule has 2 aromatic heterocycles. The van der Waals surface area contributed by atoms with Crippen LogP contribution in [0.3, 0.4) is 0 Å². The Kier molecular flexibility index (Phi) is 5.12. The lowest BCUT2D eigenvalue weighted by molar-refractivity contribution is 0.0599. The Labute approximate surface area is 139 Å². The fourth-order valence-electron chi connectivity index (χ4n) is 2.21. The molecule has 0 atom stereocenters. The van der Waals surface area contributed by atoms with E-state index in [0.29, 0.717) is 33.4 Å². The maximum absolute atomic E-state index is 11.6. The van der Waals surface area contributed by atoms with E-state index in [9.17, 15) is 10.1 Å². The Morgan fingerprint density at radius 1 is 1.35 bits per heavy atom. The molecule has 0 spiro atoms. The smallest absolute Gasteiger partial charge is 0.341 e. The zero-order chi connectivity index (χ0) is 17.1. The topological polar surface area (TPSA) is 76.1 Å². The first-order chi connectivity index (χ1) is 10.9. The highest BCUT2D eigenvalue weighted by molar-refractivity contribution is 7.98. The summed E-state index contributed by atoms with van der Waals surface area (Å²) in [7, 11) is 1.34. The lowest BCUT2D eigenvalue weighted by Crippen LogP contribution is -2.00. The van der Waals surface area contributed by atoms with Gasteiger partial charge in [0.05, 0.1) is 18.4 Å². The predicted octanol–water partition coefficient (Wildman–Crippen LogP) is 3.86. The van der Waals surface area contributed by atoms with E-state index >= 15 is 0 Å². The van der Waals surface area contributed by atoms with E-state index < -0.39 is 5.97 Å². The zero-order valence-corrected chi connectivity index (χ0v) is 14.6. The van der Waals surface area contributed by atoms with Gasteiger partial charge in [-0.1, -0.05) is 11.8 Å². The van der Waals surface area contributed by atoms with Gasteiger partial charge in [-0.3, -0.25) is 0 Å². The van der Waals surface area contributed by atoms with Gasteiger partial charge < -0.3 is 9.15 Å². The minimum atomic E-state index is -0.416. The molecule has 0 radical (unpaired) electrons. The van der Waals surface area contributed by atoms with Gasteiger partial charge >= 0.3 is 5.97 Å². The second-order valence-corrected chi connectivity index (χ2v) is 6.17. The number of hydrogen-bond acceptors (Lipinski definition) is 6. The van der Waals surface area contributed by atoms with E-state index in [2.05, 4.69) is 11.1 Å². The summed E-state index contributed by atoms with van der Waals surface area (Å²) < 4.78 is 10.3. The maximum atomic E-state index is 11.6. The van der Waals surface area contributed by atoms with Crippen molar-refractivity contribution in [1.29, 1.82) is 5.26 Å². The number of nitriles is 1. The van der Waals surface area contributed by atoms with Crippen LogP contribution in [0, 0.1) is 39.0 Å². The van der Waals surface area contributed by atoms with Gasteiger partial charge in [0.1, 0.15) is 28.2 Å². The van der Waals surface area contributed by atoms with E-state index in [1.807, 2.05) is 20.8 Å². The molecule has 0 N–H and O–H groups in total. The number of pyridine rings is 1. The molecule has 0 aliphatic carbocycles. The summed E-state index contributed by atoms with van der Waals surface area (Å²) in [4.78, 5) is 16.1. The van der Waals surface area contributed by atoms with E-state index in [4.69, 9.17) is 9.15 Å².